The maximum absolute atomic E-state index is 5.06. The van der Waals surface area contributed by atoms with Crippen molar-refractivity contribution >= 4 is 5.69 Å². The number of aromatic nitrogens is 1. The number of nitrogens with one attached hydrogen (secondary N) is 1. The Morgan fingerprint density at radius 2 is 2.05 bits per heavy atom. The van der Waals surface area contributed by atoms with Crippen molar-refractivity contribution in [2.75, 3.05) is 12.4 Å². The fourth-order valence-corrected chi connectivity index (χ4v) is 2.10. The van der Waals surface area contributed by atoms with Crippen molar-refractivity contribution in [1.29, 1.82) is 0 Å². The molecule has 1 aromatic carbocycles. The summed E-state index contributed by atoms with van der Waals surface area (Å²) in [5.41, 5.74) is 5.01. The standard InChI is InChI=1S/C16H20N2O/c1-4-14-7-5-6-12(2)16(14)18-11-13-8-9-15(19-3)17-10-13/h5-10,18H,4,11H2,1-3H3. The molecule has 0 unspecified atom stereocenters. The third-order valence-corrected chi connectivity index (χ3v) is 3.22. The largest absolute Gasteiger partial charge is 0.481 e. The molecule has 0 aliphatic rings. The first-order valence-corrected chi connectivity index (χ1v) is 6.56. The van der Waals surface area contributed by atoms with E-state index in [0.29, 0.717) is 5.88 Å². The molecule has 0 aliphatic carbocycles. The number of pyridine rings is 1. The third kappa shape index (κ3) is 3.25. The van der Waals surface area contributed by atoms with E-state index in [1.54, 1.807) is 7.11 Å². The SMILES string of the molecule is CCc1cccc(C)c1NCc1ccc(OC)nc1. The van der Waals surface area contributed by atoms with Crippen molar-refractivity contribution in [1.82, 2.24) is 4.98 Å². The fraction of sp³-hybridized carbons (Fsp3) is 0.312. The van der Waals surface area contributed by atoms with Gasteiger partial charge in [-0.1, -0.05) is 31.2 Å². The molecule has 0 fully saturated rings. The van der Waals surface area contributed by atoms with E-state index in [1.165, 1.54) is 16.8 Å². The highest BCUT2D eigenvalue weighted by Gasteiger charge is 2.04. The Hall–Kier alpha value is -2.03. The van der Waals surface area contributed by atoms with Gasteiger partial charge in [0.15, 0.2) is 0 Å². The van der Waals surface area contributed by atoms with Gasteiger partial charge in [-0.05, 0) is 30.0 Å². The van der Waals surface area contributed by atoms with E-state index in [1.807, 2.05) is 18.3 Å². The van der Waals surface area contributed by atoms with E-state index in [9.17, 15) is 0 Å². The van der Waals surface area contributed by atoms with Gasteiger partial charge in [-0.3, -0.25) is 0 Å². The van der Waals surface area contributed by atoms with Gasteiger partial charge < -0.3 is 10.1 Å². The molecular weight excluding hydrogens is 236 g/mol. The van der Waals surface area contributed by atoms with Crippen molar-refractivity contribution in [2.45, 2.75) is 26.8 Å². The number of rotatable bonds is 5. The number of methoxy groups -OCH3 is 1. The van der Waals surface area contributed by atoms with E-state index in [2.05, 4.69) is 42.3 Å². The number of benzene rings is 1. The maximum atomic E-state index is 5.06. The highest BCUT2D eigenvalue weighted by molar-refractivity contribution is 5.57. The molecule has 2 rings (SSSR count). The first kappa shape index (κ1) is 13.4. The van der Waals surface area contributed by atoms with Crippen LogP contribution in [0.15, 0.2) is 36.5 Å². The van der Waals surface area contributed by atoms with Gasteiger partial charge in [-0.15, -0.1) is 0 Å². The molecular formula is C16H20N2O. The summed E-state index contributed by atoms with van der Waals surface area (Å²) >= 11 is 0. The maximum Gasteiger partial charge on any atom is 0.212 e. The monoisotopic (exact) mass is 256 g/mol. The van der Waals surface area contributed by atoms with Crippen LogP contribution < -0.4 is 10.1 Å². The molecule has 1 heterocycles. The normalized spacial score (nSPS) is 10.3. The lowest BCUT2D eigenvalue weighted by Crippen LogP contribution is -2.04. The minimum atomic E-state index is 0.647. The fourth-order valence-electron chi connectivity index (χ4n) is 2.10. The molecule has 0 saturated carbocycles. The van der Waals surface area contributed by atoms with Crippen molar-refractivity contribution in [3.8, 4) is 5.88 Å². The van der Waals surface area contributed by atoms with Crippen LogP contribution in [0.1, 0.15) is 23.6 Å². The summed E-state index contributed by atoms with van der Waals surface area (Å²) in [5, 5.41) is 3.51. The highest BCUT2D eigenvalue weighted by Crippen LogP contribution is 2.21. The summed E-state index contributed by atoms with van der Waals surface area (Å²) in [5.74, 6) is 0.647. The van der Waals surface area contributed by atoms with Gasteiger partial charge in [-0.2, -0.15) is 0 Å². The van der Waals surface area contributed by atoms with Gasteiger partial charge in [0.05, 0.1) is 7.11 Å². The smallest absolute Gasteiger partial charge is 0.212 e. The number of anilines is 1. The van der Waals surface area contributed by atoms with E-state index in [-0.39, 0.29) is 0 Å². The number of nitrogens with zero attached hydrogens (tertiary/aromatic N) is 1. The lowest BCUT2D eigenvalue weighted by Gasteiger charge is -2.14. The van der Waals surface area contributed by atoms with Crippen LogP contribution in [0.25, 0.3) is 0 Å². The molecule has 0 aliphatic heterocycles. The van der Waals surface area contributed by atoms with Crippen LogP contribution >= 0.6 is 0 Å². The molecule has 3 nitrogen and oxygen atoms in total. The minimum Gasteiger partial charge on any atom is -0.481 e. The Morgan fingerprint density at radius 3 is 2.68 bits per heavy atom. The number of para-hydroxylation sites is 1. The number of aryl methyl sites for hydroxylation is 2. The Labute approximate surface area is 114 Å². The molecule has 0 saturated heterocycles. The molecule has 100 valence electrons. The predicted octanol–water partition coefficient (Wildman–Crippen LogP) is 3.57. The number of hydrogen-bond acceptors (Lipinski definition) is 3. The van der Waals surface area contributed by atoms with Crippen molar-refractivity contribution in [3.63, 3.8) is 0 Å². The third-order valence-electron chi connectivity index (χ3n) is 3.22. The van der Waals surface area contributed by atoms with Gasteiger partial charge in [0.25, 0.3) is 0 Å². The molecule has 3 heteroatoms. The second-order valence-electron chi connectivity index (χ2n) is 4.52. The molecule has 19 heavy (non-hydrogen) atoms. The zero-order valence-electron chi connectivity index (χ0n) is 11.7. The Kier molecular flexibility index (Phi) is 4.39. The Balaban J connectivity index is 2.09. The average Bonchev–Trinajstić information content (AvgIpc) is 2.46. The van der Waals surface area contributed by atoms with Gasteiger partial charge >= 0.3 is 0 Å². The van der Waals surface area contributed by atoms with Crippen LogP contribution in [-0.2, 0) is 13.0 Å². The molecule has 0 amide bonds. The molecule has 0 atom stereocenters. The van der Waals surface area contributed by atoms with Crippen LogP contribution in [0.4, 0.5) is 5.69 Å². The lowest BCUT2D eigenvalue weighted by molar-refractivity contribution is 0.397. The summed E-state index contributed by atoms with van der Waals surface area (Å²) in [6.45, 7) is 5.08. The number of ether oxygens (including phenoxy) is 1. The first-order chi connectivity index (χ1) is 9.24. The first-order valence-electron chi connectivity index (χ1n) is 6.56. The summed E-state index contributed by atoms with van der Waals surface area (Å²) in [6, 6.07) is 10.3. The van der Waals surface area contributed by atoms with E-state index >= 15 is 0 Å². The second-order valence-corrected chi connectivity index (χ2v) is 4.52. The van der Waals surface area contributed by atoms with Gasteiger partial charge in [-0.25, -0.2) is 4.98 Å². The van der Waals surface area contributed by atoms with Crippen LogP contribution in [0, 0.1) is 6.92 Å². The van der Waals surface area contributed by atoms with E-state index in [4.69, 9.17) is 4.74 Å². The summed E-state index contributed by atoms with van der Waals surface area (Å²) < 4.78 is 5.06. The minimum absolute atomic E-state index is 0.647. The van der Waals surface area contributed by atoms with Crippen LogP contribution in [0.3, 0.4) is 0 Å². The van der Waals surface area contributed by atoms with E-state index in [0.717, 1.165) is 18.5 Å². The lowest BCUT2D eigenvalue weighted by atomic mass is 10.1. The van der Waals surface area contributed by atoms with Crippen LogP contribution in [0.5, 0.6) is 5.88 Å². The van der Waals surface area contributed by atoms with Gasteiger partial charge in [0.1, 0.15) is 0 Å². The summed E-state index contributed by atoms with van der Waals surface area (Å²) in [4.78, 5) is 4.21. The molecule has 0 radical (unpaired) electrons. The topological polar surface area (TPSA) is 34.1 Å². The zero-order valence-corrected chi connectivity index (χ0v) is 11.7. The van der Waals surface area contributed by atoms with E-state index < -0.39 is 0 Å². The summed E-state index contributed by atoms with van der Waals surface area (Å²) in [7, 11) is 1.63. The number of hydrogen-bond donors (Lipinski definition) is 1. The Morgan fingerprint density at radius 1 is 1.21 bits per heavy atom. The quantitative estimate of drug-likeness (QED) is 0.888. The highest BCUT2D eigenvalue weighted by atomic mass is 16.5. The van der Waals surface area contributed by atoms with Crippen LogP contribution in [-0.4, -0.2) is 12.1 Å². The molecule has 0 spiro atoms. The predicted molar refractivity (Wildman–Crippen MR) is 78.7 cm³/mol. The van der Waals surface area contributed by atoms with Gasteiger partial charge in [0.2, 0.25) is 5.88 Å². The molecule has 2 aromatic rings. The molecule has 1 N–H and O–H groups in total. The Bertz CT molecular complexity index is 535. The van der Waals surface area contributed by atoms with Crippen molar-refractivity contribution in [3.05, 3.63) is 53.2 Å². The second kappa shape index (κ2) is 6.23. The average molecular weight is 256 g/mol. The molecule has 0 bridgehead atoms. The van der Waals surface area contributed by atoms with Gasteiger partial charge in [0, 0.05) is 24.5 Å². The van der Waals surface area contributed by atoms with Crippen molar-refractivity contribution < 1.29 is 4.74 Å². The summed E-state index contributed by atoms with van der Waals surface area (Å²) in [6.07, 6.45) is 2.88. The zero-order chi connectivity index (χ0) is 13.7. The molecule has 1 aromatic heterocycles. The van der Waals surface area contributed by atoms with Crippen LogP contribution in [0.2, 0.25) is 0 Å². The van der Waals surface area contributed by atoms with Crippen molar-refractivity contribution in [2.24, 2.45) is 0 Å².